The number of ketones is 1. The molecule has 0 spiro atoms. The van der Waals surface area contributed by atoms with Crippen molar-refractivity contribution >= 4 is 23.4 Å². The number of Topliss-reactive ketones (excluding diaryl/α,β-unsaturated/α-hetero) is 1. The van der Waals surface area contributed by atoms with Crippen LogP contribution < -0.4 is 0 Å². The van der Waals surface area contributed by atoms with Gasteiger partial charge in [-0.25, -0.2) is 9.48 Å². The molecule has 0 aliphatic rings. The van der Waals surface area contributed by atoms with Gasteiger partial charge in [-0.15, -0.1) is 5.10 Å². The second-order valence-corrected chi connectivity index (χ2v) is 5.66. The van der Waals surface area contributed by atoms with E-state index >= 15 is 0 Å². The van der Waals surface area contributed by atoms with E-state index < -0.39 is 12.1 Å². The third kappa shape index (κ3) is 3.89. The monoisotopic (exact) mass is 356 g/mol. The van der Waals surface area contributed by atoms with E-state index in [-0.39, 0.29) is 5.78 Å². The van der Waals surface area contributed by atoms with Gasteiger partial charge in [0.15, 0.2) is 6.10 Å². The van der Waals surface area contributed by atoms with Crippen LogP contribution in [0.1, 0.15) is 27.6 Å². The molecule has 0 radical (unpaired) electrons. The molecular weight excluding hydrogens is 344 g/mol. The van der Waals surface area contributed by atoms with E-state index in [2.05, 4.69) is 15.5 Å². The molecule has 7 nitrogen and oxygen atoms in total. The number of carbonyl (C=O) groups excluding carboxylic acids is 2. The molecule has 0 saturated heterocycles. The first-order valence-electron chi connectivity index (χ1n) is 7.39. The zero-order valence-electron chi connectivity index (χ0n) is 13.2. The van der Waals surface area contributed by atoms with E-state index in [1.807, 2.05) is 0 Å². The number of nitrogens with zero attached hydrogens (tertiary/aromatic N) is 4. The minimum absolute atomic E-state index is 0.296. The maximum Gasteiger partial charge on any atom is 0.338 e. The van der Waals surface area contributed by atoms with E-state index in [4.69, 9.17) is 16.3 Å². The predicted octanol–water partition coefficient (Wildman–Crippen LogP) is 2.74. The smallest absolute Gasteiger partial charge is 0.338 e. The maximum atomic E-state index is 12.3. The van der Waals surface area contributed by atoms with Crippen LogP contribution in [0, 0.1) is 0 Å². The second kappa shape index (κ2) is 7.23. The van der Waals surface area contributed by atoms with E-state index in [1.165, 1.54) is 17.9 Å². The van der Waals surface area contributed by atoms with Gasteiger partial charge < -0.3 is 4.74 Å². The van der Waals surface area contributed by atoms with Crippen molar-refractivity contribution in [3.8, 4) is 5.69 Å². The Bertz CT molecular complexity index is 877. The number of benzene rings is 2. The highest BCUT2D eigenvalue weighted by molar-refractivity contribution is 6.30. The van der Waals surface area contributed by atoms with Crippen molar-refractivity contribution in [1.82, 2.24) is 20.2 Å². The number of esters is 1. The predicted molar refractivity (Wildman–Crippen MR) is 89.8 cm³/mol. The van der Waals surface area contributed by atoms with Crippen LogP contribution in [-0.4, -0.2) is 38.1 Å². The van der Waals surface area contributed by atoms with Crippen LogP contribution in [0.3, 0.4) is 0 Å². The van der Waals surface area contributed by atoms with Crippen LogP contribution in [-0.2, 0) is 4.74 Å². The number of ether oxygens (including phenoxy) is 1. The molecule has 0 saturated carbocycles. The highest BCUT2D eigenvalue weighted by Gasteiger charge is 2.20. The molecule has 0 aliphatic heterocycles. The van der Waals surface area contributed by atoms with Crippen molar-refractivity contribution in [3.05, 3.63) is 71.0 Å². The first-order valence-corrected chi connectivity index (χ1v) is 7.76. The van der Waals surface area contributed by atoms with Gasteiger partial charge in [-0.2, -0.15) is 0 Å². The first kappa shape index (κ1) is 16.8. The van der Waals surface area contributed by atoms with Gasteiger partial charge in [0.25, 0.3) is 0 Å². The lowest BCUT2D eigenvalue weighted by Crippen LogP contribution is -2.24. The van der Waals surface area contributed by atoms with E-state index in [0.29, 0.717) is 21.8 Å². The summed E-state index contributed by atoms with van der Waals surface area (Å²) in [7, 11) is 0. The second-order valence-electron chi connectivity index (χ2n) is 5.22. The van der Waals surface area contributed by atoms with Gasteiger partial charge in [0.2, 0.25) is 5.78 Å². The zero-order chi connectivity index (χ0) is 17.8. The topological polar surface area (TPSA) is 87.0 Å². The third-order valence-corrected chi connectivity index (χ3v) is 3.75. The van der Waals surface area contributed by atoms with Crippen LogP contribution in [0.15, 0.2) is 54.9 Å². The lowest BCUT2D eigenvalue weighted by atomic mass is 10.1. The van der Waals surface area contributed by atoms with Crippen molar-refractivity contribution in [2.45, 2.75) is 13.0 Å². The molecule has 126 valence electrons. The Labute approximate surface area is 148 Å². The Kier molecular flexibility index (Phi) is 4.85. The molecule has 0 unspecified atom stereocenters. The fourth-order valence-electron chi connectivity index (χ4n) is 2.16. The first-order chi connectivity index (χ1) is 12.0. The fourth-order valence-corrected chi connectivity index (χ4v) is 2.29. The Morgan fingerprint density at radius 1 is 1.04 bits per heavy atom. The van der Waals surface area contributed by atoms with Crippen LogP contribution >= 0.6 is 11.6 Å². The van der Waals surface area contributed by atoms with E-state index in [1.54, 1.807) is 48.5 Å². The number of carbonyl (C=O) groups is 2. The Morgan fingerprint density at radius 2 is 1.68 bits per heavy atom. The number of tetrazole rings is 1. The molecule has 3 aromatic rings. The summed E-state index contributed by atoms with van der Waals surface area (Å²) >= 11 is 5.80. The molecule has 0 N–H and O–H groups in total. The minimum Gasteiger partial charge on any atom is -0.451 e. The summed E-state index contributed by atoms with van der Waals surface area (Å²) in [6.45, 7) is 1.53. The fraction of sp³-hybridized carbons (Fsp3) is 0.118. The summed E-state index contributed by atoms with van der Waals surface area (Å²) in [5.41, 5.74) is 1.46. The Morgan fingerprint density at radius 3 is 2.28 bits per heavy atom. The van der Waals surface area contributed by atoms with Crippen LogP contribution in [0.4, 0.5) is 0 Å². The molecule has 2 aromatic carbocycles. The van der Waals surface area contributed by atoms with Crippen LogP contribution in [0.25, 0.3) is 5.69 Å². The average Bonchev–Trinajstić information content (AvgIpc) is 3.16. The maximum absolute atomic E-state index is 12.3. The largest absolute Gasteiger partial charge is 0.451 e. The molecule has 0 aliphatic carbocycles. The number of aromatic nitrogens is 4. The van der Waals surface area contributed by atoms with Gasteiger partial charge in [0, 0.05) is 10.6 Å². The lowest BCUT2D eigenvalue weighted by Gasteiger charge is -2.12. The van der Waals surface area contributed by atoms with Gasteiger partial charge in [-0.3, -0.25) is 4.79 Å². The van der Waals surface area contributed by atoms with E-state index in [9.17, 15) is 9.59 Å². The molecule has 8 heteroatoms. The molecule has 0 fully saturated rings. The van der Waals surface area contributed by atoms with Crippen LogP contribution in [0.2, 0.25) is 5.02 Å². The average molecular weight is 357 g/mol. The van der Waals surface area contributed by atoms with Gasteiger partial charge in [-0.1, -0.05) is 11.6 Å². The van der Waals surface area contributed by atoms with Gasteiger partial charge in [0.05, 0.1) is 11.3 Å². The third-order valence-electron chi connectivity index (χ3n) is 3.50. The summed E-state index contributed by atoms with van der Waals surface area (Å²) in [6.07, 6.45) is 0.535. The quantitative estimate of drug-likeness (QED) is 0.516. The number of hydrogen-bond acceptors (Lipinski definition) is 6. The SMILES string of the molecule is C[C@@H](OC(=O)c1ccc(-n2cnnn2)cc1)C(=O)c1ccc(Cl)cc1. The summed E-state index contributed by atoms with van der Waals surface area (Å²) in [6, 6.07) is 12.9. The van der Waals surface area contributed by atoms with Gasteiger partial charge >= 0.3 is 5.97 Å². The molecular formula is C17H13ClN4O3. The van der Waals surface area contributed by atoms with Crippen molar-refractivity contribution in [1.29, 1.82) is 0 Å². The lowest BCUT2D eigenvalue weighted by molar-refractivity contribution is 0.0319. The summed E-state index contributed by atoms with van der Waals surface area (Å²) in [5.74, 6) is -0.881. The zero-order valence-corrected chi connectivity index (χ0v) is 13.9. The molecule has 0 amide bonds. The summed E-state index contributed by atoms with van der Waals surface area (Å²) in [5, 5.41) is 11.4. The molecule has 1 heterocycles. The number of halogens is 1. The Hall–Kier alpha value is -3.06. The number of rotatable bonds is 5. The highest BCUT2D eigenvalue weighted by atomic mass is 35.5. The molecule has 0 bridgehead atoms. The van der Waals surface area contributed by atoms with Crippen molar-refractivity contribution in [2.75, 3.05) is 0 Å². The molecule has 1 aromatic heterocycles. The van der Waals surface area contributed by atoms with Crippen molar-refractivity contribution in [2.24, 2.45) is 0 Å². The van der Waals surface area contributed by atoms with Gasteiger partial charge in [-0.05, 0) is 65.9 Å². The van der Waals surface area contributed by atoms with Crippen LogP contribution in [0.5, 0.6) is 0 Å². The minimum atomic E-state index is -0.909. The molecule has 3 rings (SSSR count). The Balaban J connectivity index is 1.67. The molecule has 25 heavy (non-hydrogen) atoms. The summed E-state index contributed by atoms with van der Waals surface area (Å²) < 4.78 is 6.70. The van der Waals surface area contributed by atoms with E-state index in [0.717, 1.165) is 0 Å². The molecule has 1 atom stereocenters. The normalized spacial score (nSPS) is 11.8. The van der Waals surface area contributed by atoms with Crippen molar-refractivity contribution in [3.63, 3.8) is 0 Å². The van der Waals surface area contributed by atoms with Crippen molar-refractivity contribution < 1.29 is 14.3 Å². The number of hydrogen-bond donors (Lipinski definition) is 0. The summed E-state index contributed by atoms with van der Waals surface area (Å²) in [4.78, 5) is 24.5. The highest BCUT2D eigenvalue weighted by Crippen LogP contribution is 2.14. The standard InChI is InChI=1S/C17H13ClN4O3/c1-11(16(23)12-2-6-14(18)7-3-12)25-17(24)13-4-8-15(9-5-13)22-10-19-20-21-22/h2-11H,1H3/t11-/m1/s1. The van der Waals surface area contributed by atoms with Gasteiger partial charge in [0.1, 0.15) is 6.33 Å².